The van der Waals surface area contributed by atoms with Crippen molar-refractivity contribution < 1.29 is 9.53 Å². The number of aryl methyl sites for hydroxylation is 2. The summed E-state index contributed by atoms with van der Waals surface area (Å²) in [5, 5.41) is 8.51. The van der Waals surface area contributed by atoms with E-state index >= 15 is 0 Å². The lowest BCUT2D eigenvalue weighted by atomic mass is 10.0. The third-order valence-electron chi connectivity index (χ3n) is 3.40. The average Bonchev–Trinajstić information content (AvgIpc) is 2.56. The van der Waals surface area contributed by atoms with E-state index in [1.54, 1.807) is 18.3 Å². The van der Waals surface area contributed by atoms with E-state index in [0.717, 1.165) is 22.4 Å². The SMILES string of the molecule is CC(=O)Oc1cc(C)c(C=NN=C(N)SCc2ccccc2)c(C)c1. The van der Waals surface area contributed by atoms with E-state index in [0.29, 0.717) is 10.9 Å². The fourth-order valence-electron chi connectivity index (χ4n) is 2.27. The lowest BCUT2D eigenvalue weighted by molar-refractivity contribution is -0.131. The molecule has 0 atom stereocenters. The van der Waals surface area contributed by atoms with Crippen LogP contribution in [0.1, 0.15) is 29.2 Å². The van der Waals surface area contributed by atoms with Crippen LogP contribution in [0.2, 0.25) is 0 Å². The number of rotatable bonds is 5. The quantitative estimate of drug-likeness (QED) is 0.291. The Morgan fingerprint density at radius 2 is 1.84 bits per heavy atom. The minimum Gasteiger partial charge on any atom is -0.427 e. The molecule has 0 bridgehead atoms. The summed E-state index contributed by atoms with van der Waals surface area (Å²) in [4.78, 5) is 11.0. The molecule has 0 amide bonds. The molecule has 0 fully saturated rings. The van der Waals surface area contributed by atoms with Crippen molar-refractivity contribution >= 4 is 29.1 Å². The number of amidine groups is 1. The second-order valence-corrected chi connectivity index (χ2v) is 6.52. The van der Waals surface area contributed by atoms with Gasteiger partial charge in [-0.3, -0.25) is 4.79 Å². The zero-order valence-corrected chi connectivity index (χ0v) is 15.3. The highest BCUT2D eigenvalue weighted by Crippen LogP contribution is 2.21. The molecule has 2 aromatic carbocycles. The molecule has 0 spiro atoms. The summed E-state index contributed by atoms with van der Waals surface area (Å²) in [6.45, 7) is 5.24. The molecule has 0 saturated heterocycles. The summed E-state index contributed by atoms with van der Waals surface area (Å²) in [7, 11) is 0. The van der Waals surface area contributed by atoms with Gasteiger partial charge >= 0.3 is 5.97 Å². The van der Waals surface area contributed by atoms with E-state index < -0.39 is 0 Å². The van der Waals surface area contributed by atoms with Crippen LogP contribution in [-0.4, -0.2) is 17.4 Å². The third kappa shape index (κ3) is 6.08. The zero-order valence-electron chi connectivity index (χ0n) is 14.5. The lowest BCUT2D eigenvalue weighted by Crippen LogP contribution is -2.06. The summed E-state index contributed by atoms with van der Waals surface area (Å²) in [5.74, 6) is 0.940. The van der Waals surface area contributed by atoms with Crippen molar-refractivity contribution in [2.45, 2.75) is 26.5 Å². The number of thioether (sulfide) groups is 1. The van der Waals surface area contributed by atoms with Crippen LogP contribution in [0.25, 0.3) is 0 Å². The van der Waals surface area contributed by atoms with E-state index in [-0.39, 0.29) is 5.97 Å². The number of nitrogens with zero attached hydrogens (tertiary/aromatic N) is 2. The van der Waals surface area contributed by atoms with Gasteiger partial charge in [0.25, 0.3) is 0 Å². The molecule has 2 rings (SSSR count). The van der Waals surface area contributed by atoms with E-state index in [2.05, 4.69) is 10.2 Å². The molecular formula is C19H21N3O2S. The van der Waals surface area contributed by atoms with Crippen molar-refractivity contribution in [3.05, 3.63) is 64.7 Å². The van der Waals surface area contributed by atoms with Crippen molar-refractivity contribution in [3.63, 3.8) is 0 Å². The molecule has 0 heterocycles. The van der Waals surface area contributed by atoms with Gasteiger partial charge in [-0.05, 0) is 42.7 Å². The summed E-state index contributed by atoms with van der Waals surface area (Å²) in [5.41, 5.74) is 9.90. The maximum atomic E-state index is 11.0. The number of carbonyl (C=O) groups excluding carboxylic acids is 1. The molecule has 0 aromatic heterocycles. The lowest BCUT2D eigenvalue weighted by Gasteiger charge is -2.08. The van der Waals surface area contributed by atoms with Crippen molar-refractivity contribution in [2.75, 3.05) is 0 Å². The summed E-state index contributed by atoms with van der Waals surface area (Å²) in [6, 6.07) is 13.6. The highest BCUT2D eigenvalue weighted by Gasteiger charge is 2.06. The molecular weight excluding hydrogens is 334 g/mol. The third-order valence-corrected chi connectivity index (χ3v) is 4.26. The smallest absolute Gasteiger partial charge is 0.308 e. The Hall–Kier alpha value is -2.60. The van der Waals surface area contributed by atoms with Gasteiger partial charge in [0.15, 0.2) is 5.17 Å². The van der Waals surface area contributed by atoms with Gasteiger partial charge in [0.05, 0.1) is 6.21 Å². The second-order valence-electron chi connectivity index (χ2n) is 5.52. The van der Waals surface area contributed by atoms with Crippen molar-refractivity contribution in [1.82, 2.24) is 0 Å². The summed E-state index contributed by atoms with van der Waals surface area (Å²) >= 11 is 1.44. The topological polar surface area (TPSA) is 77.0 Å². The molecule has 0 aliphatic heterocycles. The van der Waals surface area contributed by atoms with Gasteiger partial charge in [-0.25, -0.2) is 0 Å². The van der Waals surface area contributed by atoms with Crippen LogP contribution in [0.4, 0.5) is 0 Å². The van der Waals surface area contributed by atoms with Gasteiger partial charge in [0.2, 0.25) is 0 Å². The Bertz CT molecular complexity index is 779. The fourth-order valence-corrected chi connectivity index (χ4v) is 2.88. The van der Waals surface area contributed by atoms with E-state index in [1.807, 2.05) is 44.2 Å². The molecule has 2 N–H and O–H groups in total. The first kappa shape index (κ1) is 18.7. The average molecular weight is 355 g/mol. The number of hydrogen-bond donors (Lipinski definition) is 1. The van der Waals surface area contributed by atoms with Gasteiger partial charge in [-0.2, -0.15) is 5.10 Å². The fraction of sp³-hybridized carbons (Fsp3) is 0.211. The maximum Gasteiger partial charge on any atom is 0.308 e. The Labute approximate surface area is 152 Å². The van der Waals surface area contributed by atoms with Crippen LogP contribution in [0, 0.1) is 13.8 Å². The van der Waals surface area contributed by atoms with E-state index in [1.165, 1.54) is 24.2 Å². The van der Waals surface area contributed by atoms with E-state index in [4.69, 9.17) is 10.5 Å². The normalized spacial score (nSPS) is 11.7. The number of ether oxygens (including phenoxy) is 1. The van der Waals surface area contributed by atoms with Crippen LogP contribution in [0.5, 0.6) is 5.75 Å². The number of hydrogen-bond acceptors (Lipinski definition) is 5. The number of nitrogens with two attached hydrogens (primary N) is 1. The standard InChI is InChI=1S/C19H21N3O2S/c1-13-9-17(24-15(3)23)10-14(2)18(13)11-21-22-19(20)25-12-16-7-5-4-6-8-16/h4-11H,12H2,1-3H3,(H2,20,22). The Morgan fingerprint density at radius 3 is 2.44 bits per heavy atom. The summed E-state index contributed by atoms with van der Waals surface area (Å²) < 4.78 is 5.11. The largest absolute Gasteiger partial charge is 0.427 e. The number of benzene rings is 2. The zero-order chi connectivity index (χ0) is 18.2. The predicted molar refractivity (Wildman–Crippen MR) is 104 cm³/mol. The molecule has 0 aliphatic carbocycles. The van der Waals surface area contributed by atoms with Crippen molar-refractivity contribution in [3.8, 4) is 5.75 Å². The van der Waals surface area contributed by atoms with Crippen molar-refractivity contribution in [1.29, 1.82) is 0 Å². The minimum absolute atomic E-state index is 0.340. The van der Waals surface area contributed by atoms with Gasteiger partial charge in [-0.1, -0.05) is 42.1 Å². The monoisotopic (exact) mass is 355 g/mol. The van der Waals surface area contributed by atoms with Gasteiger partial charge < -0.3 is 10.5 Å². The second kappa shape index (κ2) is 9.03. The molecule has 0 unspecified atom stereocenters. The van der Waals surface area contributed by atoms with Crippen LogP contribution >= 0.6 is 11.8 Å². The van der Waals surface area contributed by atoms with Crippen molar-refractivity contribution in [2.24, 2.45) is 15.9 Å². The van der Waals surface area contributed by atoms with Gasteiger partial charge in [0.1, 0.15) is 5.75 Å². The number of carbonyl (C=O) groups is 1. The molecule has 0 saturated carbocycles. The van der Waals surface area contributed by atoms with E-state index in [9.17, 15) is 4.79 Å². The summed E-state index contributed by atoms with van der Waals surface area (Å²) in [6.07, 6.45) is 1.66. The Balaban J connectivity index is 2.02. The molecule has 25 heavy (non-hydrogen) atoms. The molecule has 0 aliphatic rings. The molecule has 6 heteroatoms. The first-order valence-corrected chi connectivity index (χ1v) is 8.77. The highest BCUT2D eigenvalue weighted by atomic mass is 32.2. The molecule has 130 valence electrons. The predicted octanol–water partition coefficient (Wildman–Crippen LogP) is 3.81. The first-order chi connectivity index (χ1) is 12.0. The van der Waals surface area contributed by atoms with Gasteiger partial charge in [-0.15, -0.1) is 5.10 Å². The highest BCUT2D eigenvalue weighted by molar-refractivity contribution is 8.13. The van der Waals surface area contributed by atoms with Crippen LogP contribution in [-0.2, 0) is 10.5 Å². The van der Waals surface area contributed by atoms with Crippen LogP contribution < -0.4 is 10.5 Å². The number of esters is 1. The minimum atomic E-state index is -0.340. The molecule has 5 nitrogen and oxygen atoms in total. The van der Waals surface area contributed by atoms with Crippen LogP contribution in [0.15, 0.2) is 52.7 Å². The van der Waals surface area contributed by atoms with Gasteiger partial charge in [0, 0.05) is 18.2 Å². The Morgan fingerprint density at radius 1 is 1.20 bits per heavy atom. The van der Waals surface area contributed by atoms with Crippen LogP contribution in [0.3, 0.4) is 0 Å². The maximum absolute atomic E-state index is 11.0. The molecule has 0 radical (unpaired) electrons. The molecule has 2 aromatic rings. The first-order valence-electron chi connectivity index (χ1n) is 7.78. The Kier molecular flexibility index (Phi) is 6.77.